The standard InChI is InChI=1S/C12H14FN3O2S2/c1-8-5-12(19-11(8)7-14-2)20(17,18)16-10-3-4-15-6-9(10)13/h3-6,14H,7H2,1-2H3,(H,15,16). The molecule has 0 aliphatic carbocycles. The zero-order valence-corrected chi connectivity index (χ0v) is 12.6. The van der Waals surface area contributed by atoms with Crippen LogP contribution in [0.5, 0.6) is 0 Å². The predicted molar refractivity (Wildman–Crippen MR) is 76.8 cm³/mol. The lowest BCUT2D eigenvalue weighted by Crippen LogP contribution is -2.12. The van der Waals surface area contributed by atoms with Gasteiger partial charge in [-0.15, -0.1) is 11.3 Å². The monoisotopic (exact) mass is 315 g/mol. The molecule has 0 spiro atoms. The quantitative estimate of drug-likeness (QED) is 0.886. The molecule has 0 saturated heterocycles. The van der Waals surface area contributed by atoms with Crippen LogP contribution in [0.2, 0.25) is 0 Å². The number of hydrogen-bond donors (Lipinski definition) is 2. The van der Waals surface area contributed by atoms with E-state index in [9.17, 15) is 12.8 Å². The van der Waals surface area contributed by atoms with Crippen LogP contribution in [0, 0.1) is 12.7 Å². The van der Waals surface area contributed by atoms with E-state index < -0.39 is 15.8 Å². The molecule has 0 aliphatic rings. The zero-order chi connectivity index (χ0) is 14.8. The maximum atomic E-state index is 13.4. The summed E-state index contributed by atoms with van der Waals surface area (Å²) in [5.41, 5.74) is 0.779. The first-order chi connectivity index (χ1) is 9.44. The van der Waals surface area contributed by atoms with Gasteiger partial charge in [0.25, 0.3) is 10.0 Å². The van der Waals surface area contributed by atoms with Crippen molar-refractivity contribution in [3.05, 3.63) is 40.8 Å². The SMILES string of the molecule is CNCc1sc(S(=O)(=O)Nc2ccncc2F)cc1C. The van der Waals surface area contributed by atoms with Crippen LogP contribution in [0.25, 0.3) is 0 Å². The number of hydrogen-bond acceptors (Lipinski definition) is 5. The molecule has 2 aromatic rings. The van der Waals surface area contributed by atoms with E-state index in [0.29, 0.717) is 6.54 Å². The number of rotatable bonds is 5. The Labute approximate surface area is 120 Å². The molecule has 2 heterocycles. The van der Waals surface area contributed by atoms with Crippen LogP contribution in [-0.4, -0.2) is 20.4 Å². The van der Waals surface area contributed by atoms with E-state index >= 15 is 0 Å². The highest BCUT2D eigenvalue weighted by Crippen LogP contribution is 2.28. The second-order valence-electron chi connectivity index (χ2n) is 4.16. The normalized spacial score (nSPS) is 11.6. The zero-order valence-electron chi connectivity index (χ0n) is 11.0. The van der Waals surface area contributed by atoms with Gasteiger partial charge in [0.2, 0.25) is 0 Å². The highest BCUT2D eigenvalue weighted by atomic mass is 32.2. The molecule has 2 aromatic heterocycles. The average Bonchev–Trinajstić information content (AvgIpc) is 2.75. The maximum absolute atomic E-state index is 13.4. The fourth-order valence-corrected chi connectivity index (χ4v) is 4.28. The Hall–Kier alpha value is -1.51. The summed E-state index contributed by atoms with van der Waals surface area (Å²) in [6.45, 7) is 2.44. The fraction of sp³-hybridized carbons (Fsp3) is 0.250. The van der Waals surface area contributed by atoms with Gasteiger partial charge in [-0.2, -0.15) is 0 Å². The van der Waals surface area contributed by atoms with Gasteiger partial charge >= 0.3 is 0 Å². The molecule has 5 nitrogen and oxygen atoms in total. The first-order valence-electron chi connectivity index (χ1n) is 5.80. The van der Waals surface area contributed by atoms with E-state index in [4.69, 9.17) is 0 Å². The van der Waals surface area contributed by atoms with Gasteiger partial charge in [-0.25, -0.2) is 12.8 Å². The topological polar surface area (TPSA) is 71.1 Å². The Bertz CT molecular complexity index is 713. The fourth-order valence-electron chi connectivity index (χ4n) is 1.61. The summed E-state index contributed by atoms with van der Waals surface area (Å²) in [6.07, 6.45) is 2.29. The molecule has 0 radical (unpaired) electrons. The molecule has 0 bridgehead atoms. The second-order valence-corrected chi connectivity index (χ2v) is 7.21. The Balaban J connectivity index is 2.31. The Morgan fingerprint density at radius 2 is 2.20 bits per heavy atom. The maximum Gasteiger partial charge on any atom is 0.271 e. The van der Waals surface area contributed by atoms with Crippen LogP contribution in [0.1, 0.15) is 10.4 Å². The van der Waals surface area contributed by atoms with E-state index in [1.165, 1.54) is 23.6 Å². The van der Waals surface area contributed by atoms with Crippen molar-refractivity contribution < 1.29 is 12.8 Å². The van der Waals surface area contributed by atoms with Gasteiger partial charge in [-0.05, 0) is 31.7 Å². The van der Waals surface area contributed by atoms with E-state index in [2.05, 4.69) is 15.0 Å². The molecule has 108 valence electrons. The molecular formula is C12H14FN3O2S2. The Kier molecular flexibility index (Phi) is 4.36. The number of aromatic nitrogens is 1. The molecule has 0 atom stereocenters. The molecule has 0 aromatic carbocycles. The summed E-state index contributed by atoms with van der Waals surface area (Å²) < 4.78 is 40.3. The largest absolute Gasteiger partial charge is 0.315 e. The lowest BCUT2D eigenvalue weighted by molar-refractivity contribution is 0.599. The van der Waals surface area contributed by atoms with Crippen LogP contribution in [0.15, 0.2) is 28.7 Å². The van der Waals surface area contributed by atoms with E-state index in [1.807, 2.05) is 6.92 Å². The average molecular weight is 315 g/mol. The molecule has 0 amide bonds. The third-order valence-corrected chi connectivity index (χ3v) is 5.69. The number of nitrogens with one attached hydrogen (secondary N) is 2. The van der Waals surface area contributed by atoms with Crippen molar-refractivity contribution in [3.8, 4) is 0 Å². The third-order valence-electron chi connectivity index (χ3n) is 2.62. The molecule has 2 N–H and O–H groups in total. The highest BCUT2D eigenvalue weighted by Gasteiger charge is 2.20. The van der Waals surface area contributed by atoms with Crippen LogP contribution in [0.4, 0.5) is 10.1 Å². The van der Waals surface area contributed by atoms with Crippen molar-refractivity contribution in [2.45, 2.75) is 17.7 Å². The molecule has 0 saturated carbocycles. The molecule has 0 aliphatic heterocycles. The summed E-state index contributed by atoms with van der Waals surface area (Å²) in [4.78, 5) is 4.51. The van der Waals surface area contributed by atoms with Crippen LogP contribution in [-0.2, 0) is 16.6 Å². The molecule has 20 heavy (non-hydrogen) atoms. The van der Waals surface area contributed by atoms with Crippen LogP contribution >= 0.6 is 11.3 Å². The van der Waals surface area contributed by atoms with E-state index in [0.717, 1.165) is 16.6 Å². The minimum Gasteiger partial charge on any atom is -0.315 e. The van der Waals surface area contributed by atoms with Crippen molar-refractivity contribution in [3.63, 3.8) is 0 Å². The molecule has 0 unspecified atom stereocenters. The summed E-state index contributed by atoms with van der Waals surface area (Å²) in [5.74, 6) is -0.709. The Morgan fingerprint density at radius 3 is 2.85 bits per heavy atom. The number of pyridine rings is 1. The number of sulfonamides is 1. The van der Waals surface area contributed by atoms with Gasteiger partial charge in [0.05, 0.1) is 11.9 Å². The summed E-state index contributed by atoms with van der Waals surface area (Å²) >= 11 is 1.17. The number of nitrogens with zero attached hydrogens (tertiary/aromatic N) is 1. The number of thiophene rings is 1. The highest BCUT2D eigenvalue weighted by molar-refractivity contribution is 7.94. The first kappa shape index (κ1) is 14.9. The third kappa shape index (κ3) is 3.14. The molecule has 2 rings (SSSR count). The van der Waals surface area contributed by atoms with Gasteiger partial charge in [0, 0.05) is 17.6 Å². The van der Waals surface area contributed by atoms with Crippen molar-refractivity contribution in [1.82, 2.24) is 10.3 Å². The molecule has 0 fully saturated rings. The predicted octanol–water partition coefficient (Wildman–Crippen LogP) is 2.11. The van der Waals surface area contributed by atoms with Gasteiger partial charge in [0.15, 0.2) is 5.82 Å². The van der Waals surface area contributed by atoms with Gasteiger partial charge < -0.3 is 5.32 Å². The van der Waals surface area contributed by atoms with Crippen molar-refractivity contribution in [2.75, 3.05) is 11.8 Å². The summed E-state index contributed by atoms with van der Waals surface area (Å²) in [5, 5.41) is 2.98. The summed E-state index contributed by atoms with van der Waals surface area (Å²) in [6, 6.07) is 2.86. The minimum absolute atomic E-state index is 0.110. The first-order valence-corrected chi connectivity index (χ1v) is 8.10. The van der Waals surface area contributed by atoms with Crippen LogP contribution < -0.4 is 10.0 Å². The summed E-state index contributed by atoms with van der Waals surface area (Å²) in [7, 11) is -1.99. The van der Waals surface area contributed by atoms with Crippen molar-refractivity contribution in [1.29, 1.82) is 0 Å². The van der Waals surface area contributed by atoms with Crippen LogP contribution in [0.3, 0.4) is 0 Å². The van der Waals surface area contributed by atoms with E-state index in [1.54, 1.807) is 13.1 Å². The molecular weight excluding hydrogens is 301 g/mol. The Morgan fingerprint density at radius 1 is 1.45 bits per heavy atom. The smallest absolute Gasteiger partial charge is 0.271 e. The van der Waals surface area contributed by atoms with Gasteiger partial charge in [0.1, 0.15) is 4.21 Å². The molecule has 8 heteroatoms. The van der Waals surface area contributed by atoms with Crippen molar-refractivity contribution in [2.24, 2.45) is 0 Å². The lowest BCUT2D eigenvalue weighted by atomic mass is 10.3. The van der Waals surface area contributed by atoms with Gasteiger partial charge in [-0.3, -0.25) is 9.71 Å². The van der Waals surface area contributed by atoms with Gasteiger partial charge in [-0.1, -0.05) is 0 Å². The number of aryl methyl sites for hydroxylation is 1. The lowest BCUT2D eigenvalue weighted by Gasteiger charge is -2.06. The van der Waals surface area contributed by atoms with Crippen molar-refractivity contribution >= 4 is 27.0 Å². The number of anilines is 1. The second kappa shape index (κ2) is 5.86. The minimum atomic E-state index is -3.78. The van der Waals surface area contributed by atoms with E-state index in [-0.39, 0.29) is 9.90 Å². The number of halogens is 1.